The van der Waals surface area contributed by atoms with Crippen LogP contribution in [0.4, 0.5) is 11.6 Å². The summed E-state index contributed by atoms with van der Waals surface area (Å²) in [7, 11) is 0. The molecule has 2 aromatic heterocycles. The second-order valence-electron chi connectivity index (χ2n) is 8.72. The summed E-state index contributed by atoms with van der Waals surface area (Å²) in [6.45, 7) is 5.70. The van der Waals surface area contributed by atoms with Gasteiger partial charge in [0.2, 0.25) is 5.95 Å². The van der Waals surface area contributed by atoms with Crippen molar-refractivity contribution in [3.8, 4) is 11.4 Å². The molecule has 5 aromatic rings. The van der Waals surface area contributed by atoms with E-state index in [1.54, 1.807) is 0 Å². The van der Waals surface area contributed by atoms with Crippen molar-refractivity contribution in [3.63, 3.8) is 0 Å². The maximum absolute atomic E-state index is 6.17. The quantitative estimate of drug-likeness (QED) is 0.373. The molecule has 1 aliphatic heterocycles. The fourth-order valence-corrected chi connectivity index (χ4v) is 4.79. The Hall–Kier alpha value is -3.68. The molecule has 0 amide bonds. The van der Waals surface area contributed by atoms with Gasteiger partial charge in [0, 0.05) is 60.9 Å². The number of piperazine rings is 1. The molecule has 0 radical (unpaired) electrons. The third-order valence-corrected chi connectivity index (χ3v) is 6.70. The van der Waals surface area contributed by atoms with Crippen molar-refractivity contribution in [2.75, 3.05) is 49.5 Å². The summed E-state index contributed by atoms with van der Waals surface area (Å²) in [5, 5.41) is 10.1. The van der Waals surface area contributed by atoms with Crippen molar-refractivity contribution >= 4 is 39.8 Å². The van der Waals surface area contributed by atoms with Gasteiger partial charge in [-0.05, 0) is 30.3 Å². The highest BCUT2D eigenvalue weighted by Gasteiger charge is 2.18. The lowest BCUT2D eigenvalue weighted by Crippen LogP contribution is -2.47. The van der Waals surface area contributed by atoms with Crippen molar-refractivity contribution < 1.29 is 0 Å². The first-order chi connectivity index (χ1) is 17.2. The lowest BCUT2D eigenvalue weighted by molar-refractivity contribution is 0.267. The summed E-state index contributed by atoms with van der Waals surface area (Å²) < 4.78 is 1.84. The highest BCUT2D eigenvalue weighted by atomic mass is 35.5. The Bertz CT molecular complexity index is 1460. The van der Waals surface area contributed by atoms with E-state index in [2.05, 4.69) is 21.2 Å². The van der Waals surface area contributed by atoms with Gasteiger partial charge >= 0.3 is 0 Å². The van der Waals surface area contributed by atoms with Gasteiger partial charge in [-0.2, -0.15) is 4.52 Å². The Balaban J connectivity index is 1.17. The fraction of sp³-hybridized carbons (Fsp3) is 0.222. The number of hydrogen-bond donors (Lipinski definition) is 1. The third-order valence-electron chi connectivity index (χ3n) is 6.47. The average Bonchev–Trinajstić information content (AvgIpc) is 3.36. The predicted molar refractivity (Wildman–Crippen MR) is 142 cm³/mol. The summed E-state index contributed by atoms with van der Waals surface area (Å²) in [5.41, 5.74) is 3.90. The van der Waals surface area contributed by atoms with Crippen LogP contribution in [0.15, 0.2) is 78.9 Å². The van der Waals surface area contributed by atoms with E-state index in [0.29, 0.717) is 11.8 Å². The number of rotatable bonds is 6. The first-order valence-electron chi connectivity index (χ1n) is 11.9. The van der Waals surface area contributed by atoms with Gasteiger partial charge in [-0.3, -0.25) is 4.90 Å². The summed E-state index contributed by atoms with van der Waals surface area (Å²) in [4.78, 5) is 14.6. The Morgan fingerprint density at radius 1 is 0.829 bits per heavy atom. The summed E-state index contributed by atoms with van der Waals surface area (Å²) >= 11 is 6.17. The summed E-state index contributed by atoms with van der Waals surface area (Å²) in [6, 6.07) is 26.2. The molecule has 0 bridgehead atoms. The number of para-hydroxylation sites is 1. The number of nitrogens with zero attached hydrogens (tertiary/aromatic N) is 6. The smallest absolute Gasteiger partial charge is 0.226 e. The zero-order chi connectivity index (χ0) is 23.6. The lowest BCUT2D eigenvalue weighted by Gasteiger charge is -2.36. The third kappa shape index (κ3) is 4.52. The standard InChI is InChI=1S/C27H26ClN7/c28-21-9-6-10-22(19-21)34-17-15-33(16-18-34)14-13-29-27-30-24-12-5-4-11-23(24)26-31-25(32-35(26)27)20-7-2-1-3-8-20/h1-12,19H,13-18H2,(H,29,30). The fourth-order valence-electron chi connectivity index (χ4n) is 4.61. The van der Waals surface area contributed by atoms with E-state index >= 15 is 0 Å². The van der Waals surface area contributed by atoms with E-state index in [4.69, 9.17) is 26.7 Å². The normalized spacial score (nSPS) is 14.6. The Labute approximate surface area is 209 Å². The molecule has 0 aliphatic carbocycles. The van der Waals surface area contributed by atoms with E-state index < -0.39 is 0 Å². The van der Waals surface area contributed by atoms with E-state index in [9.17, 15) is 0 Å². The van der Waals surface area contributed by atoms with Crippen LogP contribution in [0.25, 0.3) is 27.9 Å². The van der Waals surface area contributed by atoms with Gasteiger partial charge in [0.05, 0.1) is 5.52 Å². The Morgan fingerprint density at radius 3 is 2.46 bits per heavy atom. The van der Waals surface area contributed by atoms with Crippen molar-refractivity contribution in [2.24, 2.45) is 0 Å². The summed E-state index contributed by atoms with van der Waals surface area (Å²) in [6.07, 6.45) is 0. The van der Waals surface area contributed by atoms with Crippen LogP contribution in [-0.4, -0.2) is 63.8 Å². The van der Waals surface area contributed by atoms with Crippen molar-refractivity contribution in [3.05, 3.63) is 83.9 Å². The van der Waals surface area contributed by atoms with Crippen molar-refractivity contribution in [2.45, 2.75) is 0 Å². The first kappa shape index (κ1) is 21.8. The summed E-state index contributed by atoms with van der Waals surface area (Å²) in [5.74, 6) is 1.41. The predicted octanol–water partition coefficient (Wildman–Crippen LogP) is 4.83. The number of anilines is 2. The molecule has 1 N–H and O–H groups in total. The van der Waals surface area contributed by atoms with Crippen molar-refractivity contribution in [1.82, 2.24) is 24.5 Å². The molecule has 6 rings (SSSR count). The van der Waals surface area contributed by atoms with E-state index in [0.717, 1.165) is 66.4 Å². The minimum Gasteiger partial charge on any atom is -0.369 e. The zero-order valence-electron chi connectivity index (χ0n) is 19.3. The molecular formula is C27H26ClN7. The highest BCUT2D eigenvalue weighted by Crippen LogP contribution is 2.24. The molecule has 1 aliphatic rings. The Morgan fingerprint density at radius 2 is 1.63 bits per heavy atom. The number of aromatic nitrogens is 4. The second-order valence-corrected chi connectivity index (χ2v) is 9.16. The van der Waals surface area contributed by atoms with E-state index in [1.165, 1.54) is 5.69 Å². The number of benzene rings is 3. The van der Waals surface area contributed by atoms with Gasteiger partial charge in [0.25, 0.3) is 0 Å². The molecule has 7 nitrogen and oxygen atoms in total. The van der Waals surface area contributed by atoms with E-state index in [1.807, 2.05) is 77.3 Å². The highest BCUT2D eigenvalue weighted by molar-refractivity contribution is 6.30. The molecule has 1 saturated heterocycles. The molecule has 1 fully saturated rings. The molecule has 0 saturated carbocycles. The van der Waals surface area contributed by atoms with Gasteiger partial charge in [0.1, 0.15) is 0 Å². The molecule has 3 heterocycles. The molecule has 35 heavy (non-hydrogen) atoms. The number of nitrogens with one attached hydrogen (secondary N) is 1. The first-order valence-corrected chi connectivity index (χ1v) is 12.3. The van der Waals surface area contributed by atoms with Crippen LogP contribution in [0.1, 0.15) is 0 Å². The van der Waals surface area contributed by atoms with Crippen LogP contribution in [0.5, 0.6) is 0 Å². The topological polar surface area (TPSA) is 61.6 Å². The molecule has 0 unspecified atom stereocenters. The maximum atomic E-state index is 6.17. The minimum absolute atomic E-state index is 0.698. The molecule has 176 valence electrons. The van der Waals surface area contributed by atoms with Crippen LogP contribution < -0.4 is 10.2 Å². The number of halogens is 1. The van der Waals surface area contributed by atoms with Crippen LogP contribution in [0, 0.1) is 0 Å². The zero-order valence-corrected chi connectivity index (χ0v) is 20.1. The lowest BCUT2D eigenvalue weighted by atomic mass is 10.2. The van der Waals surface area contributed by atoms with Crippen LogP contribution in [0.3, 0.4) is 0 Å². The molecule has 8 heteroatoms. The van der Waals surface area contributed by atoms with Gasteiger partial charge in [-0.1, -0.05) is 60.1 Å². The van der Waals surface area contributed by atoms with Gasteiger partial charge < -0.3 is 10.2 Å². The number of hydrogen-bond acceptors (Lipinski definition) is 6. The minimum atomic E-state index is 0.698. The molecule has 3 aromatic carbocycles. The largest absolute Gasteiger partial charge is 0.369 e. The van der Waals surface area contributed by atoms with Crippen LogP contribution >= 0.6 is 11.6 Å². The molecular weight excluding hydrogens is 458 g/mol. The van der Waals surface area contributed by atoms with Crippen LogP contribution in [-0.2, 0) is 0 Å². The van der Waals surface area contributed by atoms with Crippen molar-refractivity contribution in [1.29, 1.82) is 0 Å². The van der Waals surface area contributed by atoms with Gasteiger partial charge in [-0.15, -0.1) is 5.10 Å². The molecule has 0 spiro atoms. The number of fused-ring (bicyclic) bond motifs is 3. The van der Waals surface area contributed by atoms with Gasteiger partial charge in [-0.25, -0.2) is 9.97 Å². The monoisotopic (exact) mass is 483 g/mol. The SMILES string of the molecule is Clc1cccc(N2CCN(CCNc3nc4ccccc4c4nc(-c5ccccc5)nn34)CC2)c1. The second kappa shape index (κ2) is 9.52. The van der Waals surface area contributed by atoms with E-state index in [-0.39, 0.29) is 0 Å². The maximum Gasteiger partial charge on any atom is 0.226 e. The Kier molecular flexibility index (Phi) is 5.94. The average molecular weight is 484 g/mol. The van der Waals surface area contributed by atoms with Crippen LogP contribution in [0.2, 0.25) is 5.02 Å². The van der Waals surface area contributed by atoms with Gasteiger partial charge in [0.15, 0.2) is 11.5 Å². The molecule has 0 atom stereocenters.